The van der Waals surface area contributed by atoms with Gasteiger partial charge < -0.3 is 15.0 Å². The molecule has 120 valence electrons. The third-order valence-corrected chi connectivity index (χ3v) is 5.20. The summed E-state index contributed by atoms with van der Waals surface area (Å²) in [5, 5.41) is 3.15. The number of hydrogen-bond acceptors (Lipinski definition) is 3. The molecule has 1 aliphatic carbocycles. The molecule has 4 heteroatoms. The Morgan fingerprint density at radius 3 is 3.00 bits per heavy atom. The number of nitrogens with one attached hydrogen (secondary N) is 2. The van der Waals surface area contributed by atoms with Gasteiger partial charge in [-0.25, -0.2) is 4.98 Å². The molecule has 0 amide bonds. The maximum Gasteiger partial charge on any atom is 0.204 e. The van der Waals surface area contributed by atoms with Gasteiger partial charge in [0.25, 0.3) is 0 Å². The highest BCUT2D eigenvalue weighted by Crippen LogP contribution is 2.70. The summed E-state index contributed by atoms with van der Waals surface area (Å²) < 4.78 is 5.73. The van der Waals surface area contributed by atoms with Gasteiger partial charge in [-0.2, -0.15) is 0 Å². The Morgan fingerprint density at radius 2 is 2.22 bits per heavy atom. The third-order valence-electron chi connectivity index (χ3n) is 5.20. The Kier molecular flexibility index (Phi) is 3.05. The predicted octanol–water partition coefficient (Wildman–Crippen LogP) is 4.20. The Hall–Kier alpha value is -2.23. The number of allylic oxidation sites excluding steroid dienone is 1. The van der Waals surface area contributed by atoms with Crippen molar-refractivity contribution in [2.75, 3.05) is 11.9 Å². The Balaban J connectivity index is 1.65. The van der Waals surface area contributed by atoms with Crippen LogP contribution >= 0.6 is 0 Å². The summed E-state index contributed by atoms with van der Waals surface area (Å²) in [6.07, 6.45) is 2.98. The van der Waals surface area contributed by atoms with Gasteiger partial charge in [-0.05, 0) is 29.9 Å². The summed E-state index contributed by atoms with van der Waals surface area (Å²) >= 11 is 0. The zero-order chi connectivity index (χ0) is 16.2. The molecule has 2 aliphatic rings. The number of nitrogens with zero attached hydrogens (tertiary/aromatic N) is 1. The monoisotopic (exact) mass is 309 g/mol. The van der Waals surface area contributed by atoms with Crippen LogP contribution in [0.3, 0.4) is 0 Å². The second-order valence-corrected chi connectivity index (χ2v) is 7.29. The summed E-state index contributed by atoms with van der Waals surface area (Å²) in [5.41, 5.74) is 5.15. The van der Waals surface area contributed by atoms with E-state index in [-0.39, 0.29) is 5.41 Å². The number of hydrogen-bond donors (Lipinski definition) is 2. The Labute approximate surface area is 137 Å². The summed E-state index contributed by atoms with van der Waals surface area (Å²) in [4.78, 5) is 7.85. The number of ether oxygens (including phenoxy) is 1. The quantitative estimate of drug-likeness (QED) is 0.890. The van der Waals surface area contributed by atoms with E-state index >= 15 is 0 Å². The van der Waals surface area contributed by atoms with Crippen LogP contribution in [0.1, 0.15) is 49.4 Å². The largest absolute Gasteiger partial charge is 0.493 e. The molecule has 4 nitrogen and oxygen atoms in total. The van der Waals surface area contributed by atoms with E-state index in [1.54, 1.807) is 0 Å². The molecule has 1 aliphatic heterocycles. The minimum absolute atomic E-state index is 0.227. The fourth-order valence-corrected chi connectivity index (χ4v) is 4.10. The molecule has 0 radical (unpaired) electrons. The molecule has 0 saturated heterocycles. The number of fused-ring (bicyclic) bond motifs is 1. The average molecular weight is 309 g/mol. The Morgan fingerprint density at radius 1 is 1.39 bits per heavy atom. The first-order valence-corrected chi connectivity index (χ1v) is 8.20. The molecule has 1 aromatic heterocycles. The van der Waals surface area contributed by atoms with Gasteiger partial charge >= 0.3 is 0 Å². The number of anilines is 1. The molecule has 1 unspecified atom stereocenters. The van der Waals surface area contributed by atoms with Crippen LogP contribution in [0.25, 0.3) is 0 Å². The van der Waals surface area contributed by atoms with Gasteiger partial charge in [-0.1, -0.05) is 32.6 Å². The highest BCUT2D eigenvalue weighted by Gasteiger charge is 2.60. The van der Waals surface area contributed by atoms with Gasteiger partial charge in [0.05, 0.1) is 12.8 Å². The van der Waals surface area contributed by atoms with Crippen molar-refractivity contribution in [1.29, 1.82) is 0 Å². The molecule has 4 rings (SSSR count). The summed E-state index contributed by atoms with van der Waals surface area (Å²) in [6, 6.07) is 6.47. The standard InChI is InChI=1S/C19H23N3O/c1-11(2)21-18-20-10-14(22-18)17-16(19(17,3)4)13-6-5-7-15-12(13)8-9-23-15/h5-7,10,16-17H,1,8-9H2,2-4H3,(H2,20,21,22)/t16-,17?/m0/s1. The van der Waals surface area contributed by atoms with Crippen molar-refractivity contribution in [2.45, 2.75) is 39.0 Å². The zero-order valence-corrected chi connectivity index (χ0v) is 13.9. The maximum absolute atomic E-state index is 5.73. The highest BCUT2D eigenvalue weighted by atomic mass is 16.5. The summed E-state index contributed by atoms with van der Waals surface area (Å²) in [7, 11) is 0. The first kappa shape index (κ1) is 14.4. The molecule has 1 fully saturated rings. The molecule has 2 heterocycles. The van der Waals surface area contributed by atoms with Crippen molar-refractivity contribution >= 4 is 5.95 Å². The van der Waals surface area contributed by atoms with Gasteiger partial charge in [0, 0.05) is 29.3 Å². The number of rotatable bonds is 4. The van der Waals surface area contributed by atoms with Crippen molar-refractivity contribution in [3.05, 3.63) is 53.5 Å². The molecule has 2 atom stereocenters. The lowest BCUT2D eigenvalue weighted by Crippen LogP contribution is -1.96. The summed E-state index contributed by atoms with van der Waals surface area (Å²) in [5.74, 6) is 2.81. The van der Waals surface area contributed by atoms with E-state index in [0.717, 1.165) is 30.4 Å². The number of aromatic nitrogens is 2. The first-order valence-electron chi connectivity index (χ1n) is 8.20. The first-order chi connectivity index (χ1) is 11.0. The second-order valence-electron chi connectivity index (χ2n) is 7.29. The topological polar surface area (TPSA) is 49.9 Å². The van der Waals surface area contributed by atoms with Crippen LogP contribution in [0, 0.1) is 5.41 Å². The third kappa shape index (κ3) is 2.24. The molecule has 1 saturated carbocycles. The zero-order valence-electron chi connectivity index (χ0n) is 13.9. The molecule has 2 N–H and O–H groups in total. The predicted molar refractivity (Wildman–Crippen MR) is 91.9 cm³/mol. The van der Waals surface area contributed by atoms with Crippen LogP contribution in [-0.4, -0.2) is 16.6 Å². The molecule has 2 aromatic rings. The Bertz CT molecular complexity index is 775. The number of H-pyrrole nitrogens is 1. The van der Waals surface area contributed by atoms with E-state index < -0.39 is 0 Å². The minimum atomic E-state index is 0.227. The second kappa shape index (κ2) is 4.88. The van der Waals surface area contributed by atoms with Gasteiger partial charge in [0.2, 0.25) is 5.95 Å². The molecule has 0 bridgehead atoms. The van der Waals surface area contributed by atoms with Crippen LogP contribution in [0.5, 0.6) is 5.75 Å². The summed E-state index contributed by atoms with van der Waals surface area (Å²) in [6.45, 7) is 11.3. The molecule has 23 heavy (non-hydrogen) atoms. The fraction of sp³-hybridized carbons (Fsp3) is 0.421. The van der Waals surface area contributed by atoms with E-state index in [1.807, 2.05) is 13.1 Å². The van der Waals surface area contributed by atoms with E-state index in [2.05, 4.69) is 53.9 Å². The number of aromatic amines is 1. The van der Waals surface area contributed by atoms with Gasteiger partial charge in [-0.3, -0.25) is 0 Å². The van der Waals surface area contributed by atoms with Crippen molar-refractivity contribution in [3.8, 4) is 5.75 Å². The lowest BCUT2D eigenvalue weighted by molar-refractivity contribution is 0.357. The van der Waals surface area contributed by atoms with Crippen molar-refractivity contribution in [1.82, 2.24) is 9.97 Å². The highest BCUT2D eigenvalue weighted by molar-refractivity contribution is 5.51. The van der Waals surface area contributed by atoms with Crippen LogP contribution < -0.4 is 10.1 Å². The van der Waals surface area contributed by atoms with E-state index in [1.165, 1.54) is 16.8 Å². The average Bonchev–Trinajstić information content (AvgIpc) is 2.92. The smallest absolute Gasteiger partial charge is 0.204 e. The van der Waals surface area contributed by atoms with E-state index in [4.69, 9.17) is 4.74 Å². The van der Waals surface area contributed by atoms with E-state index in [0.29, 0.717) is 11.8 Å². The van der Waals surface area contributed by atoms with Gasteiger partial charge in [0.15, 0.2) is 0 Å². The van der Waals surface area contributed by atoms with Crippen LogP contribution in [-0.2, 0) is 6.42 Å². The fourth-order valence-electron chi connectivity index (χ4n) is 4.10. The minimum Gasteiger partial charge on any atom is -0.493 e. The van der Waals surface area contributed by atoms with Crippen molar-refractivity contribution < 1.29 is 4.74 Å². The lowest BCUT2D eigenvalue weighted by Gasteiger charge is -2.08. The molecular weight excluding hydrogens is 286 g/mol. The van der Waals surface area contributed by atoms with Gasteiger partial charge in [-0.15, -0.1) is 0 Å². The van der Waals surface area contributed by atoms with Crippen molar-refractivity contribution in [3.63, 3.8) is 0 Å². The molecule has 0 spiro atoms. The van der Waals surface area contributed by atoms with Crippen LogP contribution in [0.2, 0.25) is 0 Å². The number of benzene rings is 1. The maximum atomic E-state index is 5.73. The van der Waals surface area contributed by atoms with Crippen molar-refractivity contribution in [2.24, 2.45) is 5.41 Å². The molecular formula is C19H23N3O. The van der Waals surface area contributed by atoms with E-state index in [9.17, 15) is 0 Å². The SMILES string of the molecule is C=C(C)Nc1ncc(C2[C@H](c3cccc4c3CCO4)C2(C)C)[nH]1. The normalized spacial score (nSPS) is 24.0. The van der Waals surface area contributed by atoms with Crippen LogP contribution in [0.4, 0.5) is 5.95 Å². The number of imidazole rings is 1. The van der Waals surface area contributed by atoms with Crippen LogP contribution in [0.15, 0.2) is 36.7 Å². The molecule has 1 aromatic carbocycles. The lowest BCUT2D eigenvalue weighted by atomic mass is 9.96. The van der Waals surface area contributed by atoms with Gasteiger partial charge in [0.1, 0.15) is 5.75 Å².